The lowest BCUT2D eigenvalue weighted by Crippen LogP contribution is -2.33. The van der Waals surface area contributed by atoms with E-state index in [-0.39, 0.29) is 11.9 Å². The summed E-state index contributed by atoms with van der Waals surface area (Å²) in [5.74, 6) is -0.268. The summed E-state index contributed by atoms with van der Waals surface area (Å²) >= 11 is 0. The normalized spacial score (nSPS) is 13.1. The van der Waals surface area contributed by atoms with Crippen LogP contribution in [-0.4, -0.2) is 27.6 Å². The van der Waals surface area contributed by atoms with Crippen molar-refractivity contribution in [2.75, 3.05) is 21.3 Å². The van der Waals surface area contributed by atoms with E-state index in [0.29, 0.717) is 5.56 Å². The Hall–Kier alpha value is -0.970. The minimum atomic E-state index is -0.508. The maximum absolute atomic E-state index is 13.5. The summed E-state index contributed by atoms with van der Waals surface area (Å²) in [6.07, 6.45) is -0.508. The Morgan fingerprint density at radius 1 is 1.20 bits per heavy atom. The van der Waals surface area contributed by atoms with Crippen LogP contribution in [0.3, 0.4) is 0 Å². The third kappa shape index (κ3) is 2.75. The monoisotopic (exact) mass is 213 g/mol. The fourth-order valence-electron chi connectivity index (χ4n) is 1.53. The van der Waals surface area contributed by atoms with Crippen molar-refractivity contribution in [2.45, 2.75) is 12.3 Å². The van der Waals surface area contributed by atoms with E-state index in [0.717, 1.165) is 0 Å². The second kappa shape index (κ2) is 5.80. The summed E-state index contributed by atoms with van der Waals surface area (Å²) in [5.41, 5.74) is 0.536. The molecule has 0 fully saturated rings. The maximum atomic E-state index is 13.5. The van der Waals surface area contributed by atoms with Crippen LogP contribution in [0.1, 0.15) is 11.6 Å². The highest BCUT2D eigenvalue weighted by atomic mass is 19.1. The number of ether oxygens (including phenoxy) is 2. The van der Waals surface area contributed by atoms with Crippen LogP contribution in [0.5, 0.6) is 0 Å². The van der Waals surface area contributed by atoms with Crippen molar-refractivity contribution < 1.29 is 13.9 Å². The molecule has 0 aliphatic heterocycles. The molecule has 15 heavy (non-hydrogen) atoms. The summed E-state index contributed by atoms with van der Waals surface area (Å²) < 4.78 is 23.7. The average Bonchev–Trinajstić information content (AvgIpc) is 2.27. The van der Waals surface area contributed by atoms with E-state index in [4.69, 9.17) is 9.47 Å². The molecule has 84 valence electrons. The molecule has 1 rings (SSSR count). The predicted molar refractivity (Wildman–Crippen MR) is 56.0 cm³/mol. The van der Waals surface area contributed by atoms with E-state index in [1.54, 1.807) is 25.2 Å². The molecular formula is C11H16FNO2. The van der Waals surface area contributed by atoms with Crippen LogP contribution >= 0.6 is 0 Å². The van der Waals surface area contributed by atoms with E-state index in [9.17, 15) is 4.39 Å². The molecule has 1 aromatic rings. The third-order valence-electron chi connectivity index (χ3n) is 2.29. The Labute approximate surface area is 89.2 Å². The smallest absolute Gasteiger partial charge is 0.176 e. The first-order valence-electron chi connectivity index (χ1n) is 4.71. The highest BCUT2D eigenvalue weighted by Crippen LogP contribution is 2.21. The molecule has 1 aromatic carbocycles. The largest absolute Gasteiger partial charge is 0.354 e. The summed E-state index contributed by atoms with van der Waals surface area (Å²) in [6.45, 7) is 0. The van der Waals surface area contributed by atoms with Crippen molar-refractivity contribution >= 4 is 0 Å². The molecule has 1 atom stereocenters. The average molecular weight is 213 g/mol. The van der Waals surface area contributed by atoms with Crippen molar-refractivity contribution in [1.82, 2.24) is 5.32 Å². The molecule has 3 nitrogen and oxygen atoms in total. The Balaban J connectivity index is 2.96. The van der Waals surface area contributed by atoms with Gasteiger partial charge in [-0.1, -0.05) is 18.2 Å². The molecule has 4 heteroatoms. The molecule has 0 radical (unpaired) electrons. The van der Waals surface area contributed by atoms with Crippen molar-refractivity contribution in [3.05, 3.63) is 35.6 Å². The molecule has 1 N–H and O–H groups in total. The highest BCUT2D eigenvalue weighted by molar-refractivity contribution is 5.21. The van der Waals surface area contributed by atoms with Gasteiger partial charge < -0.3 is 14.8 Å². The number of benzene rings is 1. The van der Waals surface area contributed by atoms with Gasteiger partial charge >= 0.3 is 0 Å². The molecule has 1 unspecified atom stereocenters. The fourth-order valence-corrected chi connectivity index (χ4v) is 1.53. The summed E-state index contributed by atoms with van der Waals surface area (Å²) in [6, 6.07) is 6.25. The lowest BCUT2D eigenvalue weighted by atomic mass is 10.1. The van der Waals surface area contributed by atoms with Crippen LogP contribution in [0.4, 0.5) is 4.39 Å². The zero-order chi connectivity index (χ0) is 11.3. The predicted octanol–water partition coefficient (Wildman–Crippen LogP) is 1.71. The van der Waals surface area contributed by atoms with Gasteiger partial charge in [0.1, 0.15) is 5.82 Å². The van der Waals surface area contributed by atoms with E-state index in [1.807, 2.05) is 0 Å². The third-order valence-corrected chi connectivity index (χ3v) is 2.29. The Morgan fingerprint density at radius 2 is 1.80 bits per heavy atom. The standard InChI is InChI=1S/C11H16FNO2/c1-13-10(11(14-2)15-3)8-6-4-5-7-9(8)12/h4-7,10-11,13H,1-3H3. The van der Waals surface area contributed by atoms with Crippen LogP contribution in [0.25, 0.3) is 0 Å². The minimum absolute atomic E-state index is 0.268. The van der Waals surface area contributed by atoms with Gasteiger partial charge in [-0.15, -0.1) is 0 Å². The van der Waals surface area contributed by atoms with E-state index < -0.39 is 6.29 Å². The maximum Gasteiger partial charge on any atom is 0.176 e. The van der Waals surface area contributed by atoms with Gasteiger partial charge in [0.05, 0.1) is 6.04 Å². The summed E-state index contributed by atoms with van der Waals surface area (Å²) in [4.78, 5) is 0. The second-order valence-corrected chi connectivity index (χ2v) is 3.13. The van der Waals surface area contributed by atoms with Crippen LogP contribution in [0.2, 0.25) is 0 Å². The van der Waals surface area contributed by atoms with Gasteiger partial charge in [-0.05, 0) is 13.1 Å². The second-order valence-electron chi connectivity index (χ2n) is 3.13. The van der Waals surface area contributed by atoms with Crippen LogP contribution in [-0.2, 0) is 9.47 Å². The number of likely N-dealkylation sites (N-methyl/N-ethyl adjacent to an activating group) is 1. The molecule has 0 aliphatic carbocycles. The van der Waals surface area contributed by atoms with Gasteiger partial charge in [0.15, 0.2) is 6.29 Å². The fraction of sp³-hybridized carbons (Fsp3) is 0.455. The van der Waals surface area contributed by atoms with Crippen molar-refractivity contribution in [3.63, 3.8) is 0 Å². The molecule has 0 amide bonds. The lowest BCUT2D eigenvalue weighted by Gasteiger charge is -2.24. The number of hydrogen-bond acceptors (Lipinski definition) is 3. The van der Waals surface area contributed by atoms with Gasteiger partial charge in [0, 0.05) is 19.8 Å². The SMILES string of the molecule is CNC(c1ccccc1F)C(OC)OC. The number of methoxy groups -OCH3 is 2. The molecule has 0 bridgehead atoms. The first-order chi connectivity index (χ1) is 7.24. The Morgan fingerprint density at radius 3 is 2.27 bits per heavy atom. The molecule has 0 heterocycles. The van der Waals surface area contributed by atoms with Gasteiger partial charge in [0.2, 0.25) is 0 Å². The number of rotatable bonds is 5. The van der Waals surface area contributed by atoms with Crippen molar-refractivity contribution in [1.29, 1.82) is 0 Å². The number of hydrogen-bond donors (Lipinski definition) is 1. The zero-order valence-corrected chi connectivity index (χ0v) is 9.16. The number of nitrogens with one attached hydrogen (secondary N) is 1. The first-order valence-corrected chi connectivity index (χ1v) is 4.71. The molecular weight excluding hydrogens is 197 g/mol. The van der Waals surface area contributed by atoms with Gasteiger partial charge in [0.25, 0.3) is 0 Å². The van der Waals surface area contributed by atoms with Crippen LogP contribution in [0, 0.1) is 5.82 Å². The molecule has 0 saturated carbocycles. The van der Waals surface area contributed by atoms with Gasteiger partial charge in [-0.2, -0.15) is 0 Å². The highest BCUT2D eigenvalue weighted by Gasteiger charge is 2.23. The number of halogens is 1. The van der Waals surface area contributed by atoms with Crippen molar-refractivity contribution in [2.24, 2.45) is 0 Å². The first kappa shape index (κ1) is 12.1. The van der Waals surface area contributed by atoms with Crippen LogP contribution < -0.4 is 5.32 Å². The summed E-state index contributed by atoms with van der Waals surface area (Å²) in [7, 11) is 4.79. The van der Waals surface area contributed by atoms with E-state index in [2.05, 4.69) is 5.32 Å². The molecule has 0 saturated heterocycles. The van der Waals surface area contributed by atoms with Crippen LogP contribution in [0.15, 0.2) is 24.3 Å². The molecule has 0 aromatic heterocycles. The van der Waals surface area contributed by atoms with E-state index >= 15 is 0 Å². The van der Waals surface area contributed by atoms with E-state index in [1.165, 1.54) is 20.3 Å². The molecule has 0 aliphatic rings. The Kier molecular flexibility index (Phi) is 4.68. The Bertz CT molecular complexity index is 302. The minimum Gasteiger partial charge on any atom is -0.354 e. The topological polar surface area (TPSA) is 30.5 Å². The van der Waals surface area contributed by atoms with Gasteiger partial charge in [-0.25, -0.2) is 4.39 Å². The quantitative estimate of drug-likeness (QED) is 0.755. The summed E-state index contributed by atoms with van der Waals surface area (Å²) in [5, 5.41) is 2.97. The molecule has 0 spiro atoms. The lowest BCUT2D eigenvalue weighted by molar-refractivity contribution is -0.123. The zero-order valence-electron chi connectivity index (χ0n) is 9.16. The van der Waals surface area contributed by atoms with Crippen molar-refractivity contribution in [3.8, 4) is 0 Å². The van der Waals surface area contributed by atoms with Gasteiger partial charge in [-0.3, -0.25) is 0 Å².